The van der Waals surface area contributed by atoms with Crippen LogP contribution in [0.2, 0.25) is 13.3 Å². The van der Waals surface area contributed by atoms with Gasteiger partial charge in [0.15, 0.2) is 0 Å². The van der Waals surface area contributed by atoms with Crippen LogP contribution in [0.4, 0.5) is 4.79 Å². The first-order valence-corrected chi connectivity index (χ1v) is 25.2. The van der Waals surface area contributed by atoms with Crippen LogP contribution in [0.15, 0.2) is 91.0 Å². The first-order valence-electron chi connectivity index (χ1n) is 17.1. The molecule has 0 aliphatic heterocycles. The number of ether oxygens (including phenoxy) is 1. The topological polar surface area (TPSA) is 41.6 Å². The summed E-state index contributed by atoms with van der Waals surface area (Å²) >= 11 is -2.70. The summed E-state index contributed by atoms with van der Waals surface area (Å²) in [6.07, 6.45) is 7.35. The van der Waals surface area contributed by atoms with Crippen LogP contribution >= 0.6 is 0 Å². The number of benzene rings is 3. The zero-order valence-electron chi connectivity index (χ0n) is 28.4. The Kier molecular flexibility index (Phi) is 14.8. The van der Waals surface area contributed by atoms with E-state index in [1.165, 1.54) is 68.5 Å². The molecule has 0 aliphatic carbocycles. The Bertz CT molecular complexity index is 1090. The van der Waals surface area contributed by atoms with Crippen LogP contribution in [-0.4, -0.2) is 52.6 Å². The molecule has 0 aromatic heterocycles. The third-order valence-corrected chi connectivity index (χ3v) is 23.9. The van der Waals surface area contributed by atoms with Gasteiger partial charge in [0, 0.05) is 0 Å². The van der Waals surface area contributed by atoms with Crippen molar-refractivity contribution in [2.75, 3.05) is 17.7 Å². The summed E-state index contributed by atoms with van der Waals surface area (Å²) in [6, 6.07) is 32.2. The fraction of sp³-hybridized carbons (Fsp3) is 0.513. The van der Waals surface area contributed by atoms with Crippen molar-refractivity contribution in [3.8, 4) is 0 Å². The van der Waals surface area contributed by atoms with E-state index in [1.54, 1.807) is 0 Å². The monoisotopic (exact) mass is 706 g/mol. The molecule has 3 rings (SSSR count). The van der Waals surface area contributed by atoms with Crippen molar-refractivity contribution >= 4 is 24.5 Å². The van der Waals surface area contributed by atoms with Crippen LogP contribution in [0.5, 0.6) is 0 Å². The van der Waals surface area contributed by atoms with Gasteiger partial charge in [-0.3, -0.25) is 0 Å². The minimum atomic E-state index is -2.70. The van der Waals surface area contributed by atoms with Gasteiger partial charge in [0.2, 0.25) is 0 Å². The molecule has 44 heavy (non-hydrogen) atoms. The molecule has 1 N–H and O–H groups in total. The van der Waals surface area contributed by atoms with Gasteiger partial charge >= 0.3 is 274 Å². The number of carbonyl (C=O) groups excluding carboxylic acids is 1. The number of amides is 1. The van der Waals surface area contributed by atoms with E-state index in [-0.39, 0.29) is 6.09 Å². The molecule has 0 atom stereocenters. The Morgan fingerprint density at radius 3 is 1.41 bits per heavy atom. The molecular formula is C39H58N2O2Sn. The average Bonchev–Trinajstić information content (AvgIpc) is 3.03. The van der Waals surface area contributed by atoms with Crippen molar-refractivity contribution in [1.82, 2.24) is 10.2 Å². The molecule has 3 aromatic rings. The number of carbonyl (C=O) groups is 1. The van der Waals surface area contributed by atoms with Gasteiger partial charge in [0.25, 0.3) is 0 Å². The molecule has 0 radical (unpaired) electrons. The Morgan fingerprint density at radius 1 is 0.682 bits per heavy atom. The molecule has 3 aromatic carbocycles. The Labute approximate surface area is 272 Å². The average molecular weight is 706 g/mol. The molecule has 0 saturated heterocycles. The van der Waals surface area contributed by atoms with Gasteiger partial charge < -0.3 is 0 Å². The van der Waals surface area contributed by atoms with E-state index in [1.807, 2.05) is 20.8 Å². The molecule has 0 saturated carbocycles. The van der Waals surface area contributed by atoms with Crippen LogP contribution in [0.3, 0.4) is 0 Å². The summed E-state index contributed by atoms with van der Waals surface area (Å²) in [5, 5.41) is 4.02. The SMILES string of the molecule is CCC[CH2][Sn]([CH2]CCC)([CH2]CCC)[CH2]N(CCNC(c1ccccc1)(c1ccccc1)c1ccccc1)C(=O)OC(C)(C)C. The van der Waals surface area contributed by atoms with Gasteiger partial charge in [-0.2, -0.15) is 0 Å². The second-order valence-electron chi connectivity index (χ2n) is 13.5. The molecule has 240 valence electrons. The molecule has 0 unspecified atom stereocenters. The molecular weight excluding hydrogens is 647 g/mol. The van der Waals surface area contributed by atoms with Gasteiger partial charge in [-0.25, -0.2) is 0 Å². The van der Waals surface area contributed by atoms with Gasteiger partial charge in [-0.1, -0.05) is 0 Å². The van der Waals surface area contributed by atoms with Crippen LogP contribution < -0.4 is 5.32 Å². The van der Waals surface area contributed by atoms with Crippen molar-refractivity contribution in [2.24, 2.45) is 0 Å². The summed E-state index contributed by atoms with van der Waals surface area (Å²) in [6.45, 7) is 14.1. The standard InChI is InChI=1S/C27H31N2O2.3C4H9.Sn/c1-26(2,3)31-25(30)29(4)21-20-28-27(22-14-8-5-9-15-22,23-16-10-6-11-17-23)24-18-12-7-13-19-24;3*1-3-4-2;/h5-19,28H,4,20-21H2,1-3H3;3*1,3-4H2,2H3;. The van der Waals surface area contributed by atoms with Crippen molar-refractivity contribution in [3.63, 3.8) is 0 Å². The fourth-order valence-electron chi connectivity index (χ4n) is 6.48. The molecule has 0 heterocycles. The van der Waals surface area contributed by atoms with Gasteiger partial charge in [-0.05, 0) is 0 Å². The maximum absolute atomic E-state index is 13.9. The zero-order chi connectivity index (χ0) is 31.9. The normalized spacial score (nSPS) is 12.2. The minimum absolute atomic E-state index is 0.158. The van der Waals surface area contributed by atoms with Crippen LogP contribution in [0.1, 0.15) is 96.8 Å². The van der Waals surface area contributed by atoms with E-state index >= 15 is 0 Å². The second-order valence-corrected chi connectivity index (χ2v) is 27.2. The summed E-state index contributed by atoms with van der Waals surface area (Å²) in [4.78, 5) is 16.0. The van der Waals surface area contributed by atoms with E-state index in [0.29, 0.717) is 13.1 Å². The van der Waals surface area contributed by atoms with E-state index in [2.05, 4.69) is 122 Å². The zero-order valence-corrected chi connectivity index (χ0v) is 31.3. The number of nitrogens with zero attached hydrogens (tertiary/aromatic N) is 1. The third-order valence-electron chi connectivity index (χ3n) is 8.75. The second kappa shape index (κ2) is 18.0. The Hall–Kier alpha value is -2.31. The molecule has 0 fully saturated rings. The number of hydrogen-bond acceptors (Lipinski definition) is 3. The molecule has 0 bridgehead atoms. The predicted octanol–water partition coefficient (Wildman–Crippen LogP) is 10.2. The summed E-state index contributed by atoms with van der Waals surface area (Å²) in [5.74, 6) is 0. The first-order chi connectivity index (χ1) is 21.2. The molecule has 0 aliphatic rings. The molecule has 5 heteroatoms. The van der Waals surface area contributed by atoms with E-state index in [0.717, 1.165) is 4.56 Å². The Morgan fingerprint density at radius 2 is 1.07 bits per heavy atom. The predicted molar refractivity (Wildman–Crippen MR) is 190 cm³/mol. The van der Waals surface area contributed by atoms with Crippen LogP contribution in [0.25, 0.3) is 0 Å². The molecule has 0 spiro atoms. The Balaban J connectivity index is 2.02. The number of nitrogens with one attached hydrogen (secondary N) is 1. The number of rotatable bonds is 18. The van der Waals surface area contributed by atoms with Crippen molar-refractivity contribution in [2.45, 2.75) is 105 Å². The van der Waals surface area contributed by atoms with Gasteiger partial charge in [0.1, 0.15) is 0 Å². The van der Waals surface area contributed by atoms with Crippen molar-refractivity contribution < 1.29 is 9.53 Å². The summed E-state index contributed by atoms with van der Waals surface area (Å²) < 4.78 is 11.1. The number of unbranched alkanes of at least 4 members (excludes halogenated alkanes) is 3. The first kappa shape index (κ1) is 36.2. The van der Waals surface area contributed by atoms with Gasteiger partial charge in [-0.15, -0.1) is 0 Å². The quantitative estimate of drug-likeness (QED) is 0.106. The number of hydrogen-bond donors (Lipinski definition) is 1. The van der Waals surface area contributed by atoms with Crippen molar-refractivity contribution in [1.29, 1.82) is 0 Å². The van der Waals surface area contributed by atoms with E-state index < -0.39 is 29.5 Å². The van der Waals surface area contributed by atoms with Crippen LogP contribution in [-0.2, 0) is 10.3 Å². The molecule has 4 nitrogen and oxygen atoms in total. The fourth-order valence-corrected chi connectivity index (χ4v) is 22.6. The summed E-state index contributed by atoms with van der Waals surface area (Å²) in [5.41, 5.74) is 2.46. The van der Waals surface area contributed by atoms with Crippen molar-refractivity contribution in [3.05, 3.63) is 108 Å². The third kappa shape index (κ3) is 10.4. The molecule has 1 amide bonds. The van der Waals surface area contributed by atoms with E-state index in [4.69, 9.17) is 4.74 Å². The maximum atomic E-state index is 13.9. The van der Waals surface area contributed by atoms with E-state index in [9.17, 15) is 4.79 Å². The summed E-state index contributed by atoms with van der Waals surface area (Å²) in [7, 11) is 0. The van der Waals surface area contributed by atoms with Crippen LogP contribution in [0, 0.1) is 0 Å². The van der Waals surface area contributed by atoms with Gasteiger partial charge in [0.05, 0.1) is 0 Å².